The molecule has 0 saturated carbocycles. The molecule has 0 amide bonds. The Morgan fingerprint density at radius 1 is 1.00 bits per heavy atom. The summed E-state index contributed by atoms with van der Waals surface area (Å²) in [5.41, 5.74) is 0. The average Bonchev–Trinajstić information content (AvgIpc) is 3.08. The Hall–Kier alpha value is -0.830. The maximum absolute atomic E-state index is 4.37. The van der Waals surface area contributed by atoms with E-state index in [4.69, 9.17) is 0 Å². The van der Waals surface area contributed by atoms with Gasteiger partial charge in [0.2, 0.25) is 0 Å². The maximum Gasteiger partial charge on any atom is 0.0543 e. The Labute approximate surface area is 131 Å². The van der Waals surface area contributed by atoms with Gasteiger partial charge in [0.25, 0.3) is 0 Å². The molecule has 1 aromatic rings. The molecule has 0 N–H and O–H groups in total. The Bertz CT molecular complexity index is 313. The molecule has 3 heteroatoms. The second kappa shape index (κ2) is 11.8. The lowest BCUT2D eigenvalue weighted by Gasteiger charge is -2.32. The zero-order valence-electron chi connectivity index (χ0n) is 14.4. The van der Waals surface area contributed by atoms with Crippen LogP contribution in [0.25, 0.3) is 0 Å². The third-order valence-electron chi connectivity index (χ3n) is 4.28. The smallest absolute Gasteiger partial charge is 0.0543 e. The molecular weight excluding hydrogens is 258 g/mol. The average molecular weight is 293 g/mol. The molecule has 1 aromatic heterocycles. The number of rotatable bonds is 8. The fraction of sp³-hybridized carbons (Fsp3) is 0.833. The van der Waals surface area contributed by atoms with E-state index < -0.39 is 0 Å². The van der Waals surface area contributed by atoms with Gasteiger partial charge in [0.15, 0.2) is 0 Å². The zero-order chi connectivity index (χ0) is 15.3. The summed E-state index contributed by atoms with van der Waals surface area (Å²) < 4.78 is 2.14. The summed E-state index contributed by atoms with van der Waals surface area (Å²) >= 11 is 0. The molecule has 1 aliphatic heterocycles. The van der Waals surface area contributed by atoms with E-state index in [1.54, 1.807) is 0 Å². The van der Waals surface area contributed by atoms with Crippen LogP contribution >= 0.6 is 0 Å². The summed E-state index contributed by atoms with van der Waals surface area (Å²) in [6.45, 7) is 10.1. The van der Waals surface area contributed by atoms with E-state index in [-0.39, 0.29) is 0 Å². The van der Waals surface area contributed by atoms with Gasteiger partial charge in [-0.2, -0.15) is 5.10 Å². The van der Waals surface area contributed by atoms with Crippen LogP contribution in [0.4, 0.5) is 0 Å². The van der Waals surface area contributed by atoms with Gasteiger partial charge in [-0.15, -0.1) is 0 Å². The van der Waals surface area contributed by atoms with Gasteiger partial charge in [-0.3, -0.25) is 4.68 Å². The minimum Gasteiger partial charge on any atom is -0.303 e. The molecule has 2 rings (SSSR count). The van der Waals surface area contributed by atoms with Crippen molar-refractivity contribution in [1.29, 1.82) is 0 Å². The number of unbranched alkanes of at least 4 members (excludes halogenated alkanes) is 5. The molecule has 0 spiro atoms. The van der Waals surface area contributed by atoms with Crippen LogP contribution in [0, 0.1) is 0 Å². The minimum atomic E-state index is 0.635. The molecule has 21 heavy (non-hydrogen) atoms. The third-order valence-corrected chi connectivity index (χ3v) is 4.28. The van der Waals surface area contributed by atoms with E-state index in [1.807, 2.05) is 26.1 Å². The molecule has 1 saturated heterocycles. The maximum atomic E-state index is 4.37. The fourth-order valence-corrected chi connectivity index (χ4v) is 3.02. The zero-order valence-corrected chi connectivity index (χ0v) is 14.4. The first-order valence-electron chi connectivity index (χ1n) is 9.11. The summed E-state index contributed by atoms with van der Waals surface area (Å²) in [6, 6.07) is 2.67. The highest BCUT2D eigenvalue weighted by Crippen LogP contribution is 2.21. The molecule has 0 aliphatic carbocycles. The van der Waals surface area contributed by atoms with Crippen LogP contribution in [0.15, 0.2) is 18.5 Å². The van der Waals surface area contributed by atoms with Crippen molar-refractivity contribution in [2.45, 2.75) is 78.2 Å². The molecule has 0 radical (unpaired) electrons. The van der Waals surface area contributed by atoms with E-state index in [0.29, 0.717) is 6.04 Å². The highest BCUT2D eigenvalue weighted by molar-refractivity contribution is 4.84. The lowest BCUT2D eigenvalue weighted by Crippen LogP contribution is -2.35. The number of piperidine rings is 1. The lowest BCUT2D eigenvalue weighted by atomic mass is 10.0. The number of likely N-dealkylation sites (tertiary alicyclic amines) is 1. The first-order valence-corrected chi connectivity index (χ1v) is 9.11. The van der Waals surface area contributed by atoms with E-state index in [0.717, 1.165) is 0 Å². The molecule has 0 bridgehead atoms. The fourth-order valence-electron chi connectivity index (χ4n) is 3.02. The number of aromatic nitrogens is 2. The second-order valence-electron chi connectivity index (χ2n) is 5.83. The molecule has 3 nitrogen and oxygen atoms in total. The van der Waals surface area contributed by atoms with Crippen LogP contribution in [0.5, 0.6) is 0 Å². The van der Waals surface area contributed by atoms with Crippen LogP contribution in [-0.4, -0.2) is 34.3 Å². The Morgan fingerprint density at radius 3 is 2.29 bits per heavy atom. The van der Waals surface area contributed by atoms with Crippen LogP contribution in [0.1, 0.15) is 78.2 Å². The highest BCUT2D eigenvalue weighted by Gasteiger charge is 2.19. The van der Waals surface area contributed by atoms with Crippen molar-refractivity contribution < 1.29 is 0 Å². The molecule has 0 unspecified atom stereocenters. The molecule has 2 heterocycles. The van der Waals surface area contributed by atoms with Crippen LogP contribution in [0.3, 0.4) is 0 Å². The van der Waals surface area contributed by atoms with Crippen molar-refractivity contribution in [2.75, 3.05) is 19.6 Å². The first-order chi connectivity index (χ1) is 10.4. The number of hydrogen-bond donors (Lipinski definition) is 0. The van der Waals surface area contributed by atoms with Crippen LogP contribution in [-0.2, 0) is 0 Å². The van der Waals surface area contributed by atoms with Gasteiger partial charge >= 0.3 is 0 Å². The lowest BCUT2D eigenvalue weighted by molar-refractivity contribution is 0.177. The molecule has 1 fully saturated rings. The SMILES string of the molecule is CC.CCCCCCCCN1CCC(n2cccn2)CC1. The van der Waals surface area contributed by atoms with Crippen LogP contribution < -0.4 is 0 Å². The van der Waals surface area contributed by atoms with Crippen molar-refractivity contribution in [3.05, 3.63) is 18.5 Å². The topological polar surface area (TPSA) is 21.1 Å². The van der Waals surface area contributed by atoms with Gasteiger partial charge in [0, 0.05) is 25.5 Å². The van der Waals surface area contributed by atoms with Gasteiger partial charge in [0.05, 0.1) is 6.04 Å². The Morgan fingerprint density at radius 2 is 1.67 bits per heavy atom. The molecule has 122 valence electrons. The summed E-state index contributed by atoms with van der Waals surface area (Å²) in [4.78, 5) is 2.64. The van der Waals surface area contributed by atoms with Gasteiger partial charge in [-0.05, 0) is 31.9 Å². The number of nitrogens with zero attached hydrogens (tertiary/aromatic N) is 3. The molecule has 0 aromatic carbocycles. The van der Waals surface area contributed by atoms with Gasteiger partial charge in [-0.1, -0.05) is 52.9 Å². The van der Waals surface area contributed by atoms with Crippen molar-refractivity contribution in [3.8, 4) is 0 Å². The minimum absolute atomic E-state index is 0.635. The van der Waals surface area contributed by atoms with Gasteiger partial charge in [0.1, 0.15) is 0 Å². The predicted octanol–water partition coefficient (Wildman–Crippen LogP) is 4.91. The van der Waals surface area contributed by atoms with Crippen molar-refractivity contribution in [2.24, 2.45) is 0 Å². The molecular formula is C18H35N3. The Kier molecular flexibility index (Phi) is 10.2. The van der Waals surface area contributed by atoms with Crippen molar-refractivity contribution in [3.63, 3.8) is 0 Å². The van der Waals surface area contributed by atoms with Gasteiger partial charge in [-0.25, -0.2) is 0 Å². The standard InChI is InChI=1S/C16H29N3.C2H6/c1-2-3-4-5-6-7-12-18-14-9-16(10-15-18)19-13-8-11-17-19;1-2/h8,11,13,16H,2-7,9-10,12,14-15H2,1H3;1-2H3. The largest absolute Gasteiger partial charge is 0.303 e. The second-order valence-corrected chi connectivity index (χ2v) is 5.83. The predicted molar refractivity (Wildman–Crippen MR) is 91.7 cm³/mol. The highest BCUT2D eigenvalue weighted by atomic mass is 15.3. The quantitative estimate of drug-likeness (QED) is 0.635. The normalized spacial score (nSPS) is 16.5. The summed E-state index contributed by atoms with van der Waals surface area (Å²) in [7, 11) is 0. The molecule has 0 atom stereocenters. The third kappa shape index (κ3) is 7.12. The van der Waals surface area contributed by atoms with E-state index in [9.17, 15) is 0 Å². The summed E-state index contributed by atoms with van der Waals surface area (Å²) in [6.07, 6.45) is 14.9. The summed E-state index contributed by atoms with van der Waals surface area (Å²) in [5, 5.41) is 4.37. The van der Waals surface area contributed by atoms with Gasteiger partial charge < -0.3 is 4.90 Å². The van der Waals surface area contributed by atoms with Crippen molar-refractivity contribution in [1.82, 2.24) is 14.7 Å². The number of hydrogen-bond acceptors (Lipinski definition) is 2. The monoisotopic (exact) mass is 293 g/mol. The van der Waals surface area contributed by atoms with E-state index in [2.05, 4.69) is 27.8 Å². The molecule has 1 aliphatic rings. The van der Waals surface area contributed by atoms with E-state index in [1.165, 1.54) is 71.0 Å². The first kappa shape index (κ1) is 18.2. The van der Waals surface area contributed by atoms with E-state index >= 15 is 0 Å². The Balaban J connectivity index is 0.00000106. The van der Waals surface area contributed by atoms with Crippen LogP contribution in [0.2, 0.25) is 0 Å². The summed E-state index contributed by atoms with van der Waals surface area (Å²) in [5.74, 6) is 0. The van der Waals surface area contributed by atoms with Crippen molar-refractivity contribution >= 4 is 0 Å².